The van der Waals surface area contributed by atoms with Gasteiger partial charge in [-0.3, -0.25) is 4.79 Å². The molecule has 18 heavy (non-hydrogen) atoms. The molecule has 0 unspecified atom stereocenters. The first-order valence-corrected chi connectivity index (χ1v) is 7.02. The minimum absolute atomic E-state index is 0.272. The average molecular weight is 258 g/mol. The number of benzene rings is 1. The zero-order valence-corrected chi connectivity index (χ0v) is 10.8. The highest BCUT2D eigenvalue weighted by Crippen LogP contribution is 2.22. The van der Waals surface area contributed by atoms with Crippen molar-refractivity contribution in [2.75, 3.05) is 6.54 Å². The number of hydrogen-bond donors (Lipinski definition) is 0. The lowest BCUT2D eigenvalue weighted by atomic mass is 10.1. The Labute approximate surface area is 110 Å². The fourth-order valence-electron chi connectivity index (χ4n) is 2.28. The van der Waals surface area contributed by atoms with Gasteiger partial charge in [0, 0.05) is 30.5 Å². The van der Waals surface area contributed by atoms with Gasteiger partial charge in [-0.05, 0) is 18.1 Å². The normalized spacial score (nSPS) is 15.3. The Bertz CT molecular complexity index is 551. The van der Waals surface area contributed by atoms with E-state index in [-0.39, 0.29) is 5.91 Å². The molecule has 1 aliphatic rings. The van der Waals surface area contributed by atoms with Crippen molar-refractivity contribution in [1.29, 1.82) is 0 Å². The first-order valence-electron chi connectivity index (χ1n) is 6.08. The fourth-order valence-corrected chi connectivity index (χ4v) is 2.84. The van der Waals surface area contributed by atoms with Crippen LogP contribution < -0.4 is 0 Å². The third-order valence-electron chi connectivity index (χ3n) is 3.20. The summed E-state index contributed by atoms with van der Waals surface area (Å²) in [4.78, 5) is 17.9. The smallest absolute Gasteiger partial charge is 0.222 e. The van der Waals surface area contributed by atoms with Gasteiger partial charge < -0.3 is 4.90 Å². The molecule has 2 aromatic rings. The summed E-state index contributed by atoms with van der Waals surface area (Å²) in [6, 6.07) is 8.29. The van der Waals surface area contributed by atoms with Crippen LogP contribution >= 0.6 is 11.3 Å². The Balaban J connectivity index is 1.81. The molecule has 3 rings (SSSR count). The van der Waals surface area contributed by atoms with Gasteiger partial charge in [0.05, 0.1) is 11.2 Å². The Morgan fingerprint density at radius 3 is 3.06 bits per heavy atom. The van der Waals surface area contributed by atoms with Crippen molar-refractivity contribution in [2.45, 2.75) is 19.4 Å². The average Bonchev–Trinajstić information content (AvgIpc) is 3.02. The molecule has 0 spiro atoms. The number of carbonyl (C=O) groups is 1. The summed E-state index contributed by atoms with van der Waals surface area (Å²) in [7, 11) is 0. The monoisotopic (exact) mass is 258 g/mol. The number of likely N-dealkylation sites (tertiary alicyclic amines) is 1. The van der Waals surface area contributed by atoms with Gasteiger partial charge in [-0.1, -0.05) is 18.2 Å². The molecule has 1 fully saturated rings. The van der Waals surface area contributed by atoms with E-state index in [2.05, 4.69) is 23.2 Å². The van der Waals surface area contributed by atoms with Gasteiger partial charge in [-0.25, -0.2) is 4.98 Å². The van der Waals surface area contributed by atoms with Crippen LogP contribution in [0, 0.1) is 0 Å². The number of amides is 1. The Hall–Kier alpha value is -1.68. The van der Waals surface area contributed by atoms with E-state index < -0.39 is 0 Å². The third-order valence-corrected chi connectivity index (χ3v) is 3.79. The lowest BCUT2D eigenvalue weighted by molar-refractivity contribution is -0.128. The molecule has 4 heteroatoms. The molecule has 3 nitrogen and oxygen atoms in total. The summed E-state index contributed by atoms with van der Waals surface area (Å²) in [6.07, 6.45) is 1.69. The quantitative estimate of drug-likeness (QED) is 0.848. The van der Waals surface area contributed by atoms with Crippen molar-refractivity contribution in [3.8, 4) is 11.3 Å². The van der Waals surface area contributed by atoms with Gasteiger partial charge in [0.15, 0.2) is 0 Å². The van der Waals surface area contributed by atoms with Gasteiger partial charge in [-0.2, -0.15) is 0 Å². The van der Waals surface area contributed by atoms with E-state index in [4.69, 9.17) is 0 Å². The van der Waals surface area contributed by atoms with Gasteiger partial charge in [0.2, 0.25) is 5.91 Å². The van der Waals surface area contributed by atoms with Crippen LogP contribution in [-0.2, 0) is 11.3 Å². The lowest BCUT2D eigenvalue weighted by Gasteiger charge is -2.15. The zero-order chi connectivity index (χ0) is 12.4. The largest absolute Gasteiger partial charge is 0.338 e. The van der Waals surface area contributed by atoms with E-state index in [0.29, 0.717) is 6.42 Å². The van der Waals surface area contributed by atoms with Crippen LogP contribution in [-0.4, -0.2) is 22.3 Å². The summed E-state index contributed by atoms with van der Waals surface area (Å²) in [6.45, 7) is 1.61. The molecule has 2 heterocycles. The number of aromatic nitrogens is 1. The number of hydrogen-bond acceptors (Lipinski definition) is 3. The second-order valence-corrected chi connectivity index (χ2v) is 5.21. The van der Waals surface area contributed by atoms with Gasteiger partial charge in [0.1, 0.15) is 0 Å². The minimum Gasteiger partial charge on any atom is -0.338 e. The second-order valence-electron chi connectivity index (χ2n) is 4.49. The predicted octanol–water partition coefficient (Wildman–Crippen LogP) is 2.93. The van der Waals surface area contributed by atoms with Crippen molar-refractivity contribution in [2.24, 2.45) is 0 Å². The maximum atomic E-state index is 11.6. The third kappa shape index (κ3) is 2.29. The van der Waals surface area contributed by atoms with Gasteiger partial charge >= 0.3 is 0 Å². The summed E-state index contributed by atoms with van der Waals surface area (Å²) in [5.41, 5.74) is 5.15. The lowest BCUT2D eigenvalue weighted by Crippen LogP contribution is -2.23. The first kappa shape index (κ1) is 11.4. The van der Waals surface area contributed by atoms with E-state index in [9.17, 15) is 4.79 Å². The summed E-state index contributed by atoms with van der Waals surface area (Å²) in [5, 5.41) is 2.04. The number of rotatable bonds is 3. The van der Waals surface area contributed by atoms with Crippen LogP contribution in [0.15, 0.2) is 35.2 Å². The van der Waals surface area contributed by atoms with E-state index >= 15 is 0 Å². The Morgan fingerprint density at radius 1 is 1.39 bits per heavy atom. The molecular formula is C14H14N2OS. The Morgan fingerprint density at radius 2 is 2.33 bits per heavy atom. The van der Waals surface area contributed by atoms with Crippen LogP contribution in [0.1, 0.15) is 18.4 Å². The molecule has 0 bridgehead atoms. The van der Waals surface area contributed by atoms with Crippen molar-refractivity contribution >= 4 is 17.2 Å². The standard InChI is InChI=1S/C14H14N2OS/c17-14-5-2-6-16(14)8-11-3-1-4-12(7-11)13-9-18-10-15-13/h1,3-4,7,9-10H,2,5-6,8H2. The van der Waals surface area contributed by atoms with E-state index in [1.54, 1.807) is 11.3 Å². The predicted molar refractivity (Wildman–Crippen MR) is 72.2 cm³/mol. The first-order chi connectivity index (χ1) is 8.83. The van der Waals surface area contributed by atoms with Gasteiger partial charge in [-0.15, -0.1) is 11.3 Å². The molecule has 1 aromatic heterocycles. The molecule has 0 atom stereocenters. The maximum Gasteiger partial charge on any atom is 0.222 e. The van der Waals surface area contributed by atoms with Gasteiger partial charge in [0.25, 0.3) is 0 Å². The van der Waals surface area contributed by atoms with Crippen molar-refractivity contribution in [3.05, 3.63) is 40.7 Å². The van der Waals surface area contributed by atoms with Crippen LogP contribution in [0.3, 0.4) is 0 Å². The van der Waals surface area contributed by atoms with Crippen molar-refractivity contribution in [1.82, 2.24) is 9.88 Å². The maximum absolute atomic E-state index is 11.6. The minimum atomic E-state index is 0.272. The van der Waals surface area contributed by atoms with Crippen LogP contribution in [0.25, 0.3) is 11.3 Å². The number of thiazole rings is 1. The highest BCUT2D eigenvalue weighted by atomic mass is 32.1. The van der Waals surface area contributed by atoms with Crippen LogP contribution in [0.5, 0.6) is 0 Å². The molecule has 92 valence electrons. The highest BCUT2D eigenvalue weighted by Gasteiger charge is 2.19. The fraction of sp³-hybridized carbons (Fsp3) is 0.286. The topological polar surface area (TPSA) is 33.2 Å². The molecule has 1 aromatic carbocycles. The molecule has 0 saturated carbocycles. The molecule has 1 saturated heterocycles. The molecule has 0 radical (unpaired) electrons. The molecule has 0 aliphatic carbocycles. The van der Waals surface area contributed by atoms with E-state index in [1.807, 2.05) is 21.9 Å². The van der Waals surface area contributed by atoms with E-state index in [1.165, 1.54) is 5.56 Å². The number of nitrogens with zero attached hydrogens (tertiary/aromatic N) is 2. The van der Waals surface area contributed by atoms with Crippen LogP contribution in [0.4, 0.5) is 0 Å². The van der Waals surface area contributed by atoms with Crippen LogP contribution in [0.2, 0.25) is 0 Å². The Kier molecular flexibility index (Phi) is 3.11. The molecular weight excluding hydrogens is 244 g/mol. The molecule has 0 N–H and O–H groups in total. The summed E-state index contributed by atoms with van der Waals surface area (Å²) < 4.78 is 0. The number of carbonyl (C=O) groups excluding carboxylic acids is 1. The summed E-state index contributed by atoms with van der Waals surface area (Å²) in [5.74, 6) is 0.272. The molecule has 1 aliphatic heterocycles. The summed E-state index contributed by atoms with van der Waals surface area (Å²) >= 11 is 1.60. The highest BCUT2D eigenvalue weighted by molar-refractivity contribution is 7.07. The second kappa shape index (κ2) is 4.90. The van der Waals surface area contributed by atoms with Crippen molar-refractivity contribution in [3.63, 3.8) is 0 Å². The van der Waals surface area contributed by atoms with E-state index in [0.717, 1.165) is 30.8 Å². The SMILES string of the molecule is O=C1CCCN1Cc1cccc(-c2cscn2)c1. The molecule has 1 amide bonds. The zero-order valence-electron chi connectivity index (χ0n) is 10.0. The van der Waals surface area contributed by atoms with Crippen molar-refractivity contribution < 1.29 is 4.79 Å².